The summed E-state index contributed by atoms with van der Waals surface area (Å²) in [6.07, 6.45) is 2.94. The van der Waals surface area contributed by atoms with Crippen molar-refractivity contribution in [2.45, 2.75) is 36.2 Å². The Morgan fingerprint density at radius 2 is 1.90 bits per heavy atom. The number of likely N-dealkylation sites (tertiary alicyclic amines) is 1. The molecule has 1 unspecified atom stereocenters. The normalized spacial score (nSPS) is 23.9. The minimum atomic E-state index is -3.41. The van der Waals surface area contributed by atoms with Gasteiger partial charge >= 0.3 is 0 Å². The first-order valence-corrected chi connectivity index (χ1v) is 8.59. The molecule has 3 rings (SSSR count). The highest BCUT2D eigenvalue weighted by atomic mass is 32.2. The van der Waals surface area contributed by atoms with Crippen LogP contribution in [0.4, 0.5) is 5.69 Å². The number of nitrogens with one attached hydrogen (secondary N) is 2. The smallest absolute Gasteiger partial charge is 0.242 e. The number of anilines is 1. The second-order valence-corrected chi connectivity index (χ2v) is 7.47. The van der Waals surface area contributed by atoms with Crippen molar-refractivity contribution in [1.82, 2.24) is 9.62 Å². The zero-order valence-corrected chi connectivity index (χ0v) is 12.5. The molecule has 0 radical (unpaired) electrons. The van der Waals surface area contributed by atoms with Crippen LogP contribution >= 0.6 is 0 Å². The Labute approximate surface area is 120 Å². The van der Waals surface area contributed by atoms with Gasteiger partial charge in [0.25, 0.3) is 0 Å². The number of likely N-dealkylation sites (N-methyl/N-ethyl adjacent to an activating group) is 1. The second kappa shape index (κ2) is 5.35. The van der Waals surface area contributed by atoms with E-state index in [4.69, 9.17) is 0 Å². The van der Waals surface area contributed by atoms with Gasteiger partial charge in [0.1, 0.15) is 4.90 Å². The molecular formula is C14H21N3O2S. The molecule has 0 spiro atoms. The molecule has 0 aromatic heterocycles. The molecule has 1 aromatic rings. The Morgan fingerprint density at radius 3 is 2.55 bits per heavy atom. The number of hydrogen-bond donors (Lipinski definition) is 2. The maximum Gasteiger partial charge on any atom is 0.242 e. The van der Waals surface area contributed by atoms with E-state index >= 15 is 0 Å². The summed E-state index contributed by atoms with van der Waals surface area (Å²) >= 11 is 0. The standard InChI is InChI=1S/C14H21N3O2S/c1-17-9-8-12(10-17)15-13-4-2-3-5-14(13)20(18,19)16-11-6-7-11/h2-5,11-12,15-16H,6-10H2,1H3. The summed E-state index contributed by atoms with van der Waals surface area (Å²) in [5, 5.41) is 3.38. The Balaban J connectivity index is 1.80. The topological polar surface area (TPSA) is 61.4 Å². The minimum absolute atomic E-state index is 0.130. The Bertz CT molecular complexity index is 584. The van der Waals surface area contributed by atoms with Crippen LogP contribution in [-0.4, -0.2) is 45.5 Å². The van der Waals surface area contributed by atoms with Crippen LogP contribution in [0, 0.1) is 0 Å². The molecule has 6 heteroatoms. The number of para-hydroxylation sites is 1. The van der Waals surface area contributed by atoms with E-state index < -0.39 is 10.0 Å². The zero-order valence-electron chi connectivity index (χ0n) is 11.7. The maximum absolute atomic E-state index is 12.4. The summed E-state index contributed by atoms with van der Waals surface area (Å²) < 4.78 is 27.5. The third-order valence-corrected chi connectivity index (χ3v) is 5.41. The third kappa shape index (κ3) is 3.13. The average molecular weight is 295 g/mol. The molecule has 0 amide bonds. The summed E-state index contributed by atoms with van der Waals surface area (Å²) in [5.74, 6) is 0. The number of benzene rings is 1. The van der Waals surface area contributed by atoms with Crippen molar-refractivity contribution in [3.63, 3.8) is 0 Å². The average Bonchev–Trinajstić information content (AvgIpc) is 3.10. The van der Waals surface area contributed by atoms with Gasteiger partial charge in [-0.1, -0.05) is 12.1 Å². The molecule has 1 aromatic carbocycles. The van der Waals surface area contributed by atoms with Gasteiger partial charge in [-0.25, -0.2) is 13.1 Å². The quantitative estimate of drug-likeness (QED) is 0.858. The molecule has 2 aliphatic rings. The highest BCUT2D eigenvalue weighted by Gasteiger charge is 2.30. The van der Waals surface area contributed by atoms with Crippen LogP contribution in [0.1, 0.15) is 19.3 Å². The van der Waals surface area contributed by atoms with Crippen molar-refractivity contribution in [2.24, 2.45) is 0 Å². The Hall–Kier alpha value is -1.11. The minimum Gasteiger partial charge on any atom is -0.380 e. The highest BCUT2D eigenvalue weighted by Crippen LogP contribution is 2.27. The van der Waals surface area contributed by atoms with Gasteiger partial charge in [0.15, 0.2) is 0 Å². The van der Waals surface area contributed by atoms with E-state index in [1.165, 1.54) is 0 Å². The number of nitrogens with zero attached hydrogens (tertiary/aromatic N) is 1. The van der Waals surface area contributed by atoms with Crippen molar-refractivity contribution < 1.29 is 8.42 Å². The third-order valence-electron chi connectivity index (χ3n) is 3.83. The molecule has 5 nitrogen and oxygen atoms in total. The molecule has 20 heavy (non-hydrogen) atoms. The zero-order chi connectivity index (χ0) is 14.2. The highest BCUT2D eigenvalue weighted by molar-refractivity contribution is 7.89. The first-order valence-electron chi connectivity index (χ1n) is 7.11. The molecule has 1 saturated carbocycles. The predicted molar refractivity (Wildman–Crippen MR) is 79.3 cm³/mol. The van der Waals surface area contributed by atoms with Gasteiger partial charge in [0, 0.05) is 18.6 Å². The van der Waals surface area contributed by atoms with Crippen LogP contribution in [0.15, 0.2) is 29.2 Å². The summed E-state index contributed by atoms with van der Waals surface area (Å²) in [6.45, 7) is 2.00. The van der Waals surface area contributed by atoms with Crippen LogP contribution in [0.2, 0.25) is 0 Å². The fourth-order valence-electron chi connectivity index (χ4n) is 2.58. The largest absolute Gasteiger partial charge is 0.380 e. The van der Waals surface area contributed by atoms with Crippen LogP contribution in [0.5, 0.6) is 0 Å². The Kier molecular flexibility index (Phi) is 3.70. The molecular weight excluding hydrogens is 274 g/mol. The van der Waals surface area contributed by atoms with E-state index in [0.717, 1.165) is 32.4 Å². The van der Waals surface area contributed by atoms with E-state index in [0.29, 0.717) is 16.6 Å². The fraction of sp³-hybridized carbons (Fsp3) is 0.571. The van der Waals surface area contributed by atoms with Crippen molar-refractivity contribution >= 4 is 15.7 Å². The first-order chi connectivity index (χ1) is 9.54. The summed E-state index contributed by atoms with van der Waals surface area (Å²) in [6, 6.07) is 7.61. The van der Waals surface area contributed by atoms with Crippen LogP contribution in [0.25, 0.3) is 0 Å². The SMILES string of the molecule is CN1CCC(Nc2ccccc2S(=O)(=O)NC2CC2)C1. The van der Waals surface area contributed by atoms with Gasteiger partial charge in [0.2, 0.25) is 10.0 Å². The molecule has 1 aliphatic heterocycles. The van der Waals surface area contributed by atoms with Crippen molar-refractivity contribution in [1.29, 1.82) is 0 Å². The summed E-state index contributed by atoms with van der Waals surface area (Å²) in [7, 11) is -1.33. The van der Waals surface area contributed by atoms with Gasteiger partial charge in [-0.15, -0.1) is 0 Å². The lowest BCUT2D eigenvalue weighted by molar-refractivity contribution is 0.414. The first kappa shape index (κ1) is 13.9. The summed E-state index contributed by atoms with van der Waals surface area (Å²) in [5.41, 5.74) is 0.709. The molecule has 1 heterocycles. The van der Waals surface area contributed by atoms with Crippen LogP contribution in [0.3, 0.4) is 0 Å². The molecule has 1 atom stereocenters. The molecule has 2 fully saturated rings. The second-order valence-electron chi connectivity index (χ2n) is 5.78. The predicted octanol–water partition coefficient (Wildman–Crippen LogP) is 1.24. The molecule has 110 valence electrons. The van der Waals surface area contributed by atoms with Gasteiger partial charge < -0.3 is 10.2 Å². The summed E-state index contributed by atoms with van der Waals surface area (Å²) in [4.78, 5) is 2.61. The lowest BCUT2D eigenvalue weighted by atomic mass is 10.2. The van der Waals surface area contributed by atoms with Crippen molar-refractivity contribution in [3.05, 3.63) is 24.3 Å². The molecule has 2 N–H and O–H groups in total. The van der Waals surface area contributed by atoms with Gasteiger partial charge in [-0.05, 0) is 45.0 Å². The van der Waals surface area contributed by atoms with Gasteiger partial charge in [0.05, 0.1) is 5.69 Å². The number of sulfonamides is 1. The lowest BCUT2D eigenvalue weighted by Crippen LogP contribution is -2.28. The lowest BCUT2D eigenvalue weighted by Gasteiger charge is -2.17. The fourth-order valence-corrected chi connectivity index (χ4v) is 4.05. The van der Waals surface area contributed by atoms with Gasteiger partial charge in [-0.2, -0.15) is 0 Å². The maximum atomic E-state index is 12.4. The van der Waals surface area contributed by atoms with Crippen molar-refractivity contribution in [3.8, 4) is 0 Å². The Morgan fingerprint density at radius 1 is 1.15 bits per heavy atom. The van der Waals surface area contributed by atoms with E-state index in [1.54, 1.807) is 12.1 Å². The van der Waals surface area contributed by atoms with E-state index in [2.05, 4.69) is 22.0 Å². The number of rotatable bonds is 5. The molecule has 1 saturated heterocycles. The van der Waals surface area contributed by atoms with Gasteiger partial charge in [-0.3, -0.25) is 0 Å². The molecule has 0 bridgehead atoms. The van der Waals surface area contributed by atoms with Crippen molar-refractivity contribution in [2.75, 3.05) is 25.5 Å². The van der Waals surface area contributed by atoms with E-state index in [1.807, 2.05) is 12.1 Å². The molecule has 1 aliphatic carbocycles. The number of hydrogen-bond acceptors (Lipinski definition) is 4. The van der Waals surface area contributed by atoms with Crippen LogP contribution < -0.4 is 10.0 Å². The van der Waals surface area contributed by atoms with E-state index in [-0.39, 0.29) is 6.04 Å². The van der Waals surface area contributed by atoms with Crippen LogP contribution in [-0.2, 0) is 10.0 Å². The monoisotopic (exact) mass is 295 g/mol. The van der Waals surface area contributed by atoms with E-state index in [9.17, 15) is 8.42 Å².